The van der Waals surface area contributed by atoms with Gasteiger partial charge in [-0.1, -0.05) is 6.92 Å². The Morgan fingerprint density at radius 2 is 2.12 bits per heavy atom. The number of hydrogen-bond acceptors (Lipinski definition) is 5. The van der Waals surface area contributed by atoms with Gasteiger partial charge in [0.2, 0.25) is 0 Å². The smallest absolute Gasteiger partial charge is 0.166 e. The molecule has 0 fully saturated rings. The molecule has 0 aliphatic heterocycles. The third-order valence-electron chi connectivity index (χ3n) is 2.81. The predicted molar refractivity (Wildman–Crippen MR) is 65.6 cm³/mol. The maximum absolute atomic E-state index is 9.42. The first kappa shape index (κ1) is 13.4. The lowest BCUT2D eigenvalue weighted by atomic mass is 10.1. The molecule has 0 aliphatic rings. The summed E-state index contributed by atoms with van der Waals surface area (Å²) in [6.45, 7) is 6.20. The second-order valence-corrected chi connectivity index (χ2v) is 4.02. The summed E-state index contributed by atoms with van der Waals surface area (Å²) in [4.78, 5) is 0. The molecule has 0 spiro atoms. The van der Waals surface area contributed by atoms with Gasteiger partial charge >= 0.3 is 0 Å². The molecule has 1 atom stereocenters. The third kappa shape index (κ3) is 3.40. The number of aliphatic hydroxyl groups is 1. The van der Waals surface area contributed by atoms with Crippen LogP contribution in [0, 0.1) is 25.2 Å². The van der Waals surface area contributed by atoms with Crippen LogP contribution in [0.15, 0.2) is 0 Å². The number of aliphatic hydroxyl groups excluding tert-OH is 1. The first-order valence-corrected chi connectivity index (χ1v) is 5.76. The highest BCUT2D eigenvalue weighted by molar-refractivity contribution is 5.55. The van der Waals surface area contributed by atoms with Crippen LogP contribution in [0.3, 0.4) is 0 Å². The Hall–Kier alpha value is -1.67. The molecule has 0 saturated heterocycles. The minimum Gasteiger partial charge on any atom is -0.393 e. The van der Waals surface area contributed by atoms with E-state index in [2.05, 4.69) is 21.6 Å². The molecule has 1 unspecified atom stereocenters. The summed E-state index contributed by atoms with van der Waals surface area (Å²) in [7, 11) is 0. The summed E-state index contributed by atoms with van der Waals surface area (Å²) in [5.41, 5.74) is 2.14. The summed E-state index contributed by atoms with van der Waals surface area (Å²) in [6.07, 6.45) is 1.05. The number of aromatic nitrogens is 2. The van der Waals surface area contributed by atoms with Crippen LogP contribution in [0.5, 0.6) is 0 Å². The monoisotopic (exact) mass is 234 g/mol. The number of rotatable bonds is 5. The highest BCUT2D eigenvalue weighted by Crippen LogP contribution is 2.16. The molecule has 0 aromatic carbocycles. The van der Waals surface area contributed by atoms with Crippen molar-refractivity contribution < 1.29 is 5.11 Å². The van der Waals surface area contributed by atoms with E-state index in [-0.39, 0.29) is 6.10 Å². The van der Waals surface area contributed by atoms with Crippen LogP contribution in [-0.2, 0) is 0 Å². The quantitative estimate of drug-likeness (QED) is 0.807. The lowest BCUT2D eigenvalue weighted by Gasteiger charge is -2.11. The van der Waals surface area contributed by atoms with Gasteiger partial charge in [0, 0.05) is 6.54 Å². The number of nitrogens with zero attached hydrogens (tertiary/aromatic N) is 3. The molecule has 0 amide bonds. The van der Waals surface area contributed by atoms with Gasteiger partial charge in [-0.25, -0.2) is 0 Å². The van der Waals surface area contributed by atoms with Crippen molar-refractivity contribution in [2.75, 3.05) is 11.9 Å². The zero-order valence-electron chi connectivity index (χ0n) is 10.5. The zero-order chi connectivity index (χ0) is 12.8. The Morgan fingerprint density at radius 1 is 1.41 bits per heavy atom. The van der Waals surface area contributed by atoms with Crippen molar-refractivity contribution in [3.63, 3.8) is 0 Å². The Labute approximate surface area is 101 Å². The molecule has 17 heavy (non-hydrogen) atoms. The summed E-state index contributed by atoms with van der Waals surface area (Å²) in [5, 5.41) is 29.5. The number of nitriles is 1. The van der Waals surface area contributed by atoms with Crippen LogP contribution in [0.1, 0.15) is 36.6 Å². The summed E-state index contributed by atoms with van der Waals surface area (Å²) >= 11 is 0. The Balaban J connectivity index is 2.72. The molecular formula is C12H18N4O. The minimum atomic E-state index is -0.312. The van der Waals surface area contributed by atoms with Gasteiger partial charge in [0.1, 0.15) is 11.6 Å². The molecule has 0 aliphatic carbocycles. The second-order valence-electron chi connectivity index (χ2n) is 4.02. The molecule has 5 nitrogen and oxygen atoms in total. The van der Waals surface area contributed by atoms with Crippen LogP contribution in [0.4, 0.5) is 5.82 Å². The van der Waals surface area contributed by atoms with Gasteiger partial charge in [0.05, 0.1) is 11.8 Å². The van der Waals surface area contributed by atoms with Crippen molar-refractivity contribution in [2.24, 2.45) is 0 Å². The van der Waals surface area contributed by atoms with Gasteiger partial charge in [-0.3, -0.25) is 0 Å². The highest BCUT2D eigenvalue weighted by atomic mass is 16.3. The van der Waals surface area contributed by atoms with Crippen LogP contribution in [0.2, 0.25) is 0 Å². The largest absolute Gasteiger partial charge is 0.393 e. The molecule has 1 aromatic rings. The molecule has 1 heterocycles. The van der Waals surface area contributed by atoms with Gasteiger partial charge in [-0.2, -0.15) is 10.4 Å². The SMILES string of the molecule is CCC(O)CCNc1nnc(C)c(C)c1C#N. The maximum atomic E-state index is 9.42. The van der Waals surface area contributed by atoms with Crippen molar-refractivity contribution >= 4 is 5.82 Å². The minimum absolute atomic E-state index is 0.312. The van der Waals surface area contributed by atoms with E-state index >= 15 is 0 Å². The van der Waals surface area contributed by atoms with E-state index in [0.29, 0.717) is 24.3 Å². The molecule has 92 valence electrons. The summed E-state index contributed by atoms with van der Waals surface area (Å²) in [5.74, 6) is 0.499. The fraction of sp³-hybridized carbons (Fsp3) is 0.583. The van der Waals surface area contributed by atoms with E-state index in [1.807, 2.05) is 20.8 Å². The van der Waals surface area contributed by atoms with Gasteiger partial charge in [-0.05, 0) is 32.3 Å². The molecule has 0 bridgehead atoms. The maximum Gasteiger partial charge on any atom is 0.166 e. The lowest BCUT2D eigenvalue weighted by Crippen LogP contribution is -2.14. The molecule has 1 aromatic heterocycles. The molecular weight excluding hydrogens is 216 g/mol. The van der Waals surface area contributed by atoms with Gasteiger partial charge in [0.25, 0.3) is 0 Å². The number of anilines is 1. The Bertz CT molecular complexity index is 425. The third-order valence-corrected chi connectivity index (χ3v) is 2.81. The van der Waals surface area contributed by atoms with E-state index in [0.717, 1.165) is 17.7 Å². The number of hydrogen-bond donors (Lipinski definition) is 2. The molecule has 0 radical (unpaired) electrons. The van der Waals surface area contributed by atoms with Crippen molar-refractivity contribution in [1.82, 2.24) is 10.2 Å². The van der Waals surface area contributed by atoms with Crippen LogP contribution >= 0.6 is 0 Å². The molecule has 2 N–H and O–H groups in total. The van der Waals surface area contributed by atoms with Gasteiger partial charge in [0.15, 0.2) is 5.82 Å². The van der Waals surface area contributed by atoms with E-state index in [4.69, 9.17) is 5.26 Å². The standard InChI is InChI=1S/C12H18N4O/c1-4-10(17)5-6-14-12-11(7-13)8(2)9(3)15-16-12/h10,17H,4-6H2,1-3H3,(H,14,16). The first-order valence-electron chi connectivity index (χ1n) is 5.76. The average Bonchev–Trinajstić information content (AvgIpc) is 2.33. The van der Waals surface area contributed by atoms with Crippen molar-refractivity contribution in [3.8, 4) is 6.07 Å². The van der Waals surface area contributed by atoms with Gasteiger partial charge < -0.3 is 10.4 Å². The Kier molecular flexibility index (Phi) is 4.85. The van der Waals surface area contributed by atoms with Crippen LogP contribution in [-0.4, -0.2) is 28.0 Å². The predicted octanol–water partition coefficient (Wildman–Crippen LogP) is 1.54. The second kappa shape index (κ2) is 6.16. The number of aryl methyl sites for hydroxylation is 1. The fourth-order valence-electron chi connectivity index (χ4n) is 1.43. The van der Waals surface area contributed by atoms with Crippen LogP contribution < -0.4 is 5.32 Å². The average molecular weight is 234 g/mol. The fourth-order valence-corrected chi connectivity index (χ4v) is 1.43. The topological polar surface area (TPSA) is 81.8 Å². The first-order chi connectivity index (χ1) is 8.10. The van der Waals surface area contributed by atoms with Gasteiger partial charge in [-0.15, -0.1) is 5.10 Å². The summed E-state index contributed by atoms with van der Waals surface area (Å²) in [6, 6.07) is 2.13. The molecule has 5 heteroatoms. The van der Waals surface area contributed by atoms with Crippen LogP contribution in [0.25, 0.3) is 0 Å². The van der Waals surface area contributed by atoms with Crippen molar-refractivity contribution in [2.45, 2.75) is 39.7 Å². The van der Waals surface area contributed by atoms with Crippen molar-refractivity contribution in [1.29, 1.82) is 5.26 Å². The van der Waals surface area contributed by atoms with E-state index in [1.165, 1.54) is 0 Å². The van der Waals surface area contributed by atoms with Crippen molar-refractivity contribution in [3.05, 3.63) is 16.8 Å². The zero-order valence-corrected chi connectivity index (χ0v) is 10.5. The summed E-state index contributed by atoms with van der Waals surface area (Å²) < 4.78 is 0. The lowest BCUT2D eigenvalue weighted by molar-refractivity contribution is 0.164. The highest BCUT2D eigenvalue weighted by Gasteiger charge is 2.10. The van der Waals surface area contributed by atoms with E-state index in [1.54, 1.807) is 0 Å². The normalized spacial score (nSPS) is 11.9. The van der Waals surface area contributed by atoms with E-state index in [9.17, 15) is 5.11 Å². The number of nitrogens with one attached hydrogen (secondary N) is 1. The molecule has 0 saturated carbocycles. The Morgan fingerprint density at radius 3 is 2.71 bits per heavy atom. The van der Waals surface area contributed by atoms with E-state index < -0.39 is 0 Å². The molecule has 1 rings (SSSR count).